The Labute approximate surface area is 307 Å². The van der Waals surface area contributed by atoms with Crippen molar-refractivity contribution in [2.75, 3.05) is 19.8 Å². The van der Waals surface area contributed by atoms with Gasteiger partial charge in [0, 0.05) is 44.2 Å². The second-order valence-electron chi connectivity index (χ2n) is 16.6. The largest absolute Gasteiger partial charge is 0.444 e. The molecule has 1 saturated heterocycles. The van der Waals surface area contributed by atoms with E-state index in [2.05, 4.69) is 4.72 Å². The van der Waals surface area contributed by atoms with Gasteiger partial charge in [-0.3, -0.25) is 28.8 Å². The van der Waals surface area contributed by atoms with Gasteiger partial charge in [0.05, 0.1) is 36.4 Å². The number of Topliss-reactive ketones (excluding diaryl/α,β-unsaturated/α-hetero) is 2. The molecule has 0 aromatic heterocycles. The van der Waals surface area contributed by atoms with Crippen molar-refractivity contribution in [3.63, 3.8) is 0 Å². The van der Waals surface area contributed by atoms with Crippen LogP contribution in [0, 0.1) is 28.6 Å². The zero-order valence-corrected chi connectivity index (χ0v) is 31.8. The van der Waals surface area contributed by atoms with E-state index in [-0.39, 0.29) is 55.1 Å². The Morgan fingerprint density at radius 3 is 2.50 bits per heavy atom. The van der Waals surface area contributed by atoms with Crippen LogP contribution in [0.2, 0.25) is 0 Å². The lowest BCUT2D eigenvalue weighted by Gasteiger charge is -2.35. The zero-order valence-electron chi connectivity index (χ0n) is 31.0. The van der Waals surface area contributed by atoms with Crippen molar-refractivity contribution in [1.82, 2.24) is 14.5 Å². The number of ether oxygens (including phenoxy) is 2. The number of amides is 3. The number of carbonyl (C=O) groups is 5. The molecule has 3 aliphatic heterocycles. The highest BCUT2D eigenvalue weighted by Gasteiger charge is 2.62. The van der Waals surface area contributed by atoms with Crippen LogP contribution < -0.4 is 4.72 Å². The minimum Gasteiger partial charge on any atom is -0.444 e. The van der Waals surface area contributed by atoms with Crippen LogP contribution in [-0.4, -0.2) is 84.8 Å². The zero-order chi connectivity index (χ0) is 37.6. The minimum atomic E-state index is -3.82. The molecule has 3 heterocycles. The summed E-state index contributed by atoms with van der Waals surface area (Å²) in [5, 5.41) is -0.590. The number of fused-ring (bicyclic) bond motifs is 3. The number of nitrogens with one attached hydrogen (secondary N) is 1. The molecule has 52 heavy (non-hydrogen) atoms. The fourth-order valence-corrected chi connectivity index (χ4v) is 9.49. The molecule has 284 valence electrons. The Bertz CT molecular complexity index is 1750. The average molecular weight is 740 g/mol. The quantitative estimate of drug-likeness (QED) is 0.416. The van der Waals surface area contributed by atoms with Gasteiger partial charge < -0.3 is 14.4 Å². The number of ketones is 2. The van der Waals surface area contributed by atoms with Gasteiger partial charge in [0.2, 0.25) is 21.8 Å². The maximum Gasteiger partial charge on any atom is 0.410 e. The predicted octanol–water partition coefficient (Wildman–Crippen LogP) is 4.78. The number of rotatable bonds is 7. The molecule has 6 rings (SSSR count). The maximum atomic E-state index is 14.6. The summed E-state index contributed by atoms with van der Waals surface area (Å²) in [6, 6.07) is 4.89. The van der Waals surface area contributed by atoms with Crippen molar-refractivity contribution in [2.24, 2.45) is 28.6 Å². The van der Waals surface area contributed by atoms with E-state index in [1.807, 2.05) is 65.0 Å². The van der Waals surface area contributed by atoms with Crippen molar-refractivity contribution in [3.05, 3.63) is 41.0 Å². The summed E-state index contributed by atoms with van der Waals surface area (Å²) in [4.78, 5) is 72.8. The highest BCUT2D eigenvalue weighted by molar-refractivity contribution is 7.90. The number of hydrogen-bond acceptors (Lipinski definition) is 9. The molecule has 12 nitrogen and oxygen atoms in total. The fraction of sp³-hybridized carbons (Fsp3) is 0.667. The van der Waals surface area contributed by atoms with Crippen LogP contribution in [0.1, 0.15) is 103 Å². The lowest BCUT2D eigenvalue weighted by atomic mass is 9.75. The number of hydrogen-bond donors (Lipinski definition) is 1. The maximum absolute atomic E-state index is 14.6. The Kier molecular flexibility index (Phi) is 10.8. The fourth-order valence-electron chi connectivity index (χ4n) is 8.11. The molecule has 6 atom stereocenters. The van der Waals surface area contributed by atoms with Crippen LogP contribution in [-0.2, 0) is 51.8 Å². The van der Waals surface area contributed by atoms with Gasteiger partial charge in [-0.25, -0.2) is 13.2 Å². The van der Waals surface area contributed by atoms with Crippen molar-refractivity contribution >= 4 is 45.6 Å². The molecule has 5 aliphatic rings. The van der Waals surface area contributed by atoms with E-state index in [1.165, 1.54) is 4.90 Å². The molecular formula is C39H53N3O9S. The number of carbonyl (C=O) groups excluding carboxylic acids is 5. The molecule has 4 bridgehead atoms. The average Bonchev–Trinajstić information content (AvgIpc) is 3.97. The van der Waals surface area contributed by atoms with Gasteiger partial charge in [-0.1, -0.05) is 71.4 Å². The molecule has 2 aliphatic carbocycles. The van der Waals surface area contributed by atoms with E-state index in [0.29, 0.717) is 58.4 Å². The summed E-state index contributed by atoms with van der Waals surface area (Å²) in [5.41, 5.74) is 1.15. The first kappa shape index (κ1) is 38.2. The van der Waals surface area contributed by atoms with Crippen LogP contribution in [0.3, 0.4) is 0 Å². The first-order chi connectivity index (χ1) is 24.5. The van der Waals surface area contributed by atoms with E-state index >= 15 is 0 Å². The van der Waals surface area contributed by atoms with Gasteiger partial charge in [-0.15, -0.1) is 0 Å². The van der Waals surface area contributed by atoms with Gasteiger partial charge in [0.15, 0.2) is 5.78 Å². The molecule has 1 aromatic carbocycles. The van der Waals surface area contributed by atoms with Gasteiger partial charge in [0.25, 0.3) is 0 Å². The Hall–Kier alpha value is -3.58. The molecule has 13 heteroatoms. The molecule has 1 N–H and O–H groups in total. The summed E-state index contributed by atoms with van der Waals surface area (Å²) >= 11 is 0. The lowest BCUT2D eigenvalue weighted by Crippen LogP contribution is -2.48. The normalized spacial score (nSPS) is 30.9. The molecule has 3 amide bonds. The Balaban J connectivity index is 1.28. The van der Waals surface area contributed by atoms with Gasteiger partial charge in [0.1, 0.15) is 11.9 Å². The van der Waals surface area contributed by atoms with E-state index in [9.17, 15) is 32.4 Å². The minimum absolute atomic E-state index is 0.0271. The Morgan fingerprint density at radius 2 is 1.83 bits per heavy atom. The first-order valence-electron chi connectivity index (χ1n) is 18.8. The molecule has 0 radical (unpaired) electrons. The second kappa shape index (κ2) is 14.7. The number of nitrogens with zero attached hydrogens (tertiary/aromatic N) is 2. The third kappa shape index (κ3) is 8.00. The molecule has 2 saturated carbocycles. The van der Waals surface area contributed by atoms with Gasteiger partial charge >= 0.3 is 6.09 Å². The van der Waals surface area contributed by atoms with E-state index in [1.54, 1.807) is 4.90 Å². The van der Waals surface area contributed by atoms with Crippen LogP contribution in [0.25, 0.3) is 6.08 Å². The van der Waals surface area contributed by atoms with Crippen LogP contribution in [0.4, 0.5) is 4.79 Å². The standard InChI is InChI=1S/C39H53N3O9S/c1-6-27-19-39(27,36(46)40-52(48,49)29-12-13-29)20-34(44)32-17-28-22-42(32)35(45)31(38(3,4)5)18-33(43)24(2)14-16-50-15-8-11-25-9-7-10-26-21-41(23-30(25)26)37(47)51-28/h7-11,24,27-29,31-32H,6,12-23H2,1-5H3,(H,40,46)/b11-8+/t24-,27+,28+,31+,32-,39+/m0/s1. The summed E-state index contributed by atoms with van der Waals surface area (Å²) in [7, 11) is -3.82. The summed E-state index contributed by atoms with van der Waals surface area (Å²) in [5.74, 6) is -2.80. The third-order valence-corrected chi connectivity index (χ3v) is 13.7. The smallest absolute Gasteiger partial charge is 0.410 e. The summed E-state index contributed by atoms with van der Waals surface area (Å²) in [6.07, 6.45) is 4.77. The molecule has 0 spiro atoms. The third-order valence-electron chi connectivity index (χ3n) is 11.8. The highest BCUT2D eigenvalue weighted by Crippen LogP contribution is 2.58. The highest BCUT2D eigenvalue weighted by atomic mass is 32.2. The topological polar surface area (TPSA) is 156 Å². The molecular weight excluding hydrogens is 687 g/mol. The van der Waals surface area contributed by atoms with Gasteiger partial charge in [-0.05, 0) is 53.7 Å². The monoisotopic (exact) mass is 739 g/mol. The number of sulfonamides is 1. The van der Waals surface area contributed by atoms with E-state index in [4.69, 9.17) is 9.47 Å². The van der Waals surface area contributed by atoms with Crippen LogP contribution >= 0.6 is 0 Å². The summed E-state index contributed by atoms with van der Waals surface area (Å²) < 4.78 is 39.6. The van der Waals surface area contributed by atoms with Crippen molar-refractivity contribution in [2.45, 2.75) is 116 Å². The lowest BCUT2D eigenvalue weighted by molar-refractivity contribution is -0.146. The van der Waals surface area contributed by atoms with Crippen LogP contribution in [0.15, 0.2) is 24.3 Å². The Morgan fingerprint density at radius 1 is 1.08 bits per heavy atom. The number of benzene rings is 1. The SMILES string of the molecule is CC[C@@H]1C[C@]1(CC(=O)[C@@H]1C[C@@H]2CN1C(=O)[C@H](C(C)(C)C)CC(=O)[C@@H](C)CCOC/C=C/c1cccc3c1CN(C3)C(=O)O2)C(=O)NS(=O)(=O)C1CC1. The molecule has 3 fully saturated rings. The van der Waals surface area contributed by atoms with E-state index < -0.39 is 56.2 Å². The first-order valence-corrected chi connectivity index (χ1v) is 20.3. The van der Waals surface area contributed by atoms with Crippen molar-refractivity contribution < 1.29 is 41.9 Å². The van der Waals surface area contributed by atoms with Crippen molar-refractivity contribution in [3.8, 4) is 0 Å². The summed E-state index contributed by atoms with van der Waals surface area (Å²) in [6.45, 7) is 10.8. The van der Waals surface area contributed by atoms with E-state index in [0.717, 1.165) is 16.7 Å². The second-order valence-corrected chi connectivity index (χ2v) is 18.6. The van der Waals surface area contributed by atoms with Gasteiger partial charge in [-0.2, -0.15) is 0 Å². The van der Waals surface area contributed by atoms with Crippen molar-refractivity contribution in [1.29, 1.82) is 0 Å². The van der Waals surface area contributed by atoms with Crippen LogP contribution in [0.5, 0.6) is 0 Å². The molecule has 0 unspecified atom stereocenters. The molecule has 1 aromatic rings. The predicted molar refractivity (Wildman–Crippen MR) is 193 cm³/mol.